The molecule has 0 saturated carbocycles. The van der Waals surface area contributed by atoms with Crippen LogP contribution in [-0.2, 0) is 11.2 Å². The first-order valence-electron chi connectivity index (χ1n) is 10.1. The van der Waals surface area contributed by atoms with Crippen LogP contribution in [0, 0.1) is 0 Å². The van der Waals surface area contributed by atoms with Gasteiger partial charge in [-0.2, -0.15) is 0 Å². The van der Waals surface area contributed by atoms with Crippen LogP contribution in [0.1, 0.15) is 12.0 Å². The standard InChI is InChI=1S/C22H27N3O4/c26-18-4-2-17(3-5-18)25-11-9-24(10-12-25)14-19(27)15-29-20-6-7-21-16(13-20)1-8-22(28)23-21/h2-7,13,19,26-27H,1,8-12,14-15H2,(H,23,28)/t19-/m0/s1. The van der Waals surface area contributed by atoms with E-state index in [-0.39, 0.29) is 18.3 Å². The number of ether oxygens (including phenoxy) is 1. The average Bonchev–Trinajstić information content (AvgIpc) is 2.73. The Kier molecular flexibility index (Phi) is 5.87. The van der Waals surface area contributed by atoms with Gasteiger partial charge in [0, 0.05) is 50.5 Å². The molecule has 4 rings (SSSR count). The predicted molar refractivity (Wildman–Crippen MR) is 112 cm³/mol. The van der Waals surface area contributed by atoms with Gasteiger partial charge in [-0.15, -0.1) is 0 Å². The van der Waals surface area contributed by atoms with Crippen molar-refractivity contribution in [1.29, 1.82) is 0 Å². The molecule has 2 aromatic rings. The van der Waals surface area contributed by atoms with Gasteiger partial charge in [0.1, 0.15) is 24.2 Å². The number of aromatic hydroxyl groups is 1. The third-order valence-corrected chi connectivity index (χ3v) is 5.47. The molecule has 0 unspecified atom stereocenters. The number of carbonyl (C=O) groups is 1. The second-order valence-corrected chi connectivity index (χ2v) is 7.64. The Labute approximate surface area is 170 Å². The SMILES string of the molecule is O=C1CCc2cc(OC[C@@H](O)CN3CCN(c4ccc(O)cc4)CC3)ccc2N1. The van der Waals surface area contributed by atoms with Gasteiger partial charge in [-0.05, 0) is 54.4 Å². The topological polar surface area (TPSA) is 85.3 Å². The second-order valence-electron chi connectivity index (χ2n) is 7.64. The molecule has 0 aliphatic carbocycles. The molecule has 0 spiro atoms. The van der Waals surface area contributed by atoms with Crippen LogP contribution in [0.15, 0.2) is 42.5 Å². The number of phenols is 1. The van der Waals surface area contributed by atoms with Gasteiger partial charge >= 0.3 is 0 Å². The summed E-state index contributed by atoms with van der Waals surface area (Å²) in [5, 5.41) is 22.7. The van der Waals surface area contributed by atoms with E-state index in [0.29, 0.717) is 19.4 Å². The first kappa shape index (κ1) is 19.5. The van der Waals surface area contributed by atoms with Gasteiger partial charge in [-0.3, -0.25) is 9.69 Å². The number of benzene rings is 2. The van der Waals surface area contributed by atoms with Crippen LogP contribution >= 0.6 is 0 Å². The smallest absolute Gasteiger partial charge is 0.224 e. The fraction of sp³-hybridized carbons (Fsp3) is 0.409. The number of β-amino-alcohol motifs (C(OH)–C–C–N with tert-alkyl or cyclic N) is 1. The molecule has 0 bridgehead atoms. The van der Waals surface area contributed by atoms with Gasteiger partial charge in [0.05, 0.1) is 0 Å². The number of aryl methyl sites for hydroxylation is 1. The molecular weight excluding hydrogens is 370 g/mol. The molecule has 3 N–H and O–H groups in total. The lowest BCUT2D eigenvalue weighted by molar-refractivity contribution is -0.116. The van der Waals surface area contributed by atoms with Crippen molar-refractivity contribution in [1.82, 2.24) is 4.90 Å². The van der Waals surface area contributed by atoms with E-state index in [1.54, 1.807) is 12.1 Å². The summed E-state index contributed by atoms with van der Waals surface area (Å²) in [6.07, 6.45) is 0.646. The minimum absolute atomic E-state index is 0.0482. The van der Waals surface area contributed by atoms with Gasteiger partial charge in [-0.1, -0.05) is 0 Å². The molecule has 7 nitrogen and oxygen atoms in total. The van der Waals surface area contributed by atoms with Crippen LogP contribution in [0.4, 0.5) is 11.4 Å². The van der Waals surface area contributed by atoms with Crippen molar-refractivity contribution >= 4 is 17.3 Å². The first-order chi connectivity index (χ1) is 14.1. The predicted octanol–water partition coefficient (Wildman–Crippen LogP) is 1.84. The quantitative estimate of drug-likeness (QED) is 0.690. The van der Waals surface area contributed by atoms with Crippen molar-refractivity contribution < 1.29 is 19.7 Å². The normalized spacial score (nSPS) is 18.1. The largest absolute Gasteiger partial charge is 0.508 e. The van der Waals surface area contributed by atoms with Crippen molar-refractivity contribution in [3.63, 3.8) is 0 Å². The maximum absolute atomic E-state index is 11.4. The third kappa shape index (κ3) is 4.99. The zero-order valence-electron chi connectivity index (χ0n) is 16.4. The molecule has 2 aliphatic heterocycles. The van der Waals surface area contributed by atoms with Crippen molar-refractivity contribution in [2.75, 3.05) is 49.5 Å². The molecule has 2 aromatic carbocycles. The zero-order chi connectivity index (χ0) is 20.2. The number of piperazine rings is 1. The lowest BCUT2D eigenvalue weighted by atomic mass is 10.0. The van der Waals surface area contributed by atoms with Gasteiger partial charge in [0.25, 0.3) is 0 Å². The number of anilines is 2. The van der Waals surface area contributed by atoms with E-state index in [9.17, 15) is 15.0 Å². The van der Waals surface area contributed by atoms with Crippen LogP contribution in [-0.4, -0.2) is 66.5 Å². The molecule has 1 amide bonds. The molecule has 1 atom stereocenters. The molecule has 2 heterocycles. The number of nitrogens with zero attached hydrogens (tertiary/aromatic N) is 2. The fourth-order valence-electron chi connectivity index (χ4n) is 3.84. The number of amides is 1. The van der Waals surface area contributed by atoms with E-state index in [4.69, 9.17) is 4.74 Å². The van der Waals surface area contributed by atoms with E-state index in [1.807, 2.05) is 30.3 Å². The van der Waals surface area contributed by atoms with Gasteiger partial charge < -0.3 is 25.2 Å². The van der Waals surface area contributed by atoms with E-state index < -0.39 is 6.10 Å². The number of rotatable bonds is 6. The van der Waals surface area contributed by atoms with E-state index in [0.717, 1.165) is 48.9 Å². The number of nitrogens with one attached hydrogen (secondary N) is 1. The summed E-state index contributed by atoms with van der Waals surface area (Å²) in [7, 11) is 0. The minimum Gasteiger partial charge on any atom is -0.508 e. The lowest BCUT2D eigenvalue weighted by Gasteiger charge is -2.36. The molecule has 2 aliphatic rings. The Morgan fingerprint density at radius 1 is 1.03 bits per heavy atom. The molecule has 29 heavy (non-hydrogen) atoms. The number of hydrogen-bond acceptors (Lipinski definition) is 6. The van der Waals surface area contributed by atoms with Gasteiger partial charge in [0.15, 0.2) is 0 Å². The molecule has 0 radical (unpaired) electrons. The molecule has 1 fully saturated rings. The summed E-state index contributed by atoms with van der Waals surface area (Å²) >= 11 is 0. The Hall–Kier alpha value is -2.77. The highest BCUT2D eigenvalue weighted by Gasteiger charge is 2.20. The number of fused-ring (bicyclic) bond motifs is 1. The first-order valence-corrected chi connectivity index (χ1v) is 10.1. The van der Waals surface area contributed by atoms with E-state index >= 15 is 0 Å². The summed E-state index contributed by atoms with van der Waals surface area (Å²) < 4.78 is 5.78. The Morgan fingerprint density at radius 2 is 1.79 bits per heavy atom. The van der Waals surface area contributed by atoms with E-state index in [2.05, 4.69) is 15.1 Å². The monoisotopic (exact) mass is 397 g/mol. The van der Waals surface area contributed by atoms with Crippen molar-refractivity contribution in [2.45, 2.75) is 18.9 Å². The highest BCUT2D eigenvalue weighted by atomic mass is 16.5. The number of aliphatic hydroxyl groups excluding tert-OH is 1. The summed E-state index contributed by atoms with van der Waals surface area (Å²) in [5.74, 6) is 1.04. The average molecular weight is 397 g/mol. The summed E-state index contributed by atoms with van der Waals surface area (Å²) in [4.78, 5) is 16.0. The van der Waals surface area contributed by atoms with Crippen LogP contribution < -0.4 is 15.0 Å². The van der Waals surface area contributed by atoms with Crippen molar-refractivity contribution in [3.05, 3.63) is 48.0 Å². The maximum Gasteiger partial charge on any atom is 0.224 e. The minimum atomic E-state index is -0.564. The lowest BCUT2D eigenvalue weighted by Crippen LogP contribution is -2.49. The highest BCUT2D eigenvalue weighted by molar-refractivity contribution is 5.93. The number of aliphatic hydroxyl groups is 1. The zero-order valence-corrected chi connectivity index (χ0v) is 16.4. The number of hydrogen-bond donors (Lipinski definition) is 3. The fourth-order valence-corrected chi connectivity index (χ4v) is 3.84. The molecular formula is C22H27N3O4. The van der Waals surface area contributed by atoms with Crippen molar-refractivity contribution in [2.24, 2.45) is 0 Å². The van der Waals surface area contributed by atoms with Crippen LogP contribution in [0.2, 0.25) is 0 Å². The molecule has 154 valence electrons. The maximum atomic E-state index is 11.4. The molecule has 7 heteroatoms. The second kappa shape index (κ2) is 8.71. The Morgan fingerprint density at radius 3 is 2.55 bits per heavy atom. The highest BCUT2D eigenvalue weighted by Crippen LogP contribution is 2.27. The van der Waals surface area contributed by atoms with Crippen molar-refractivity contribution in [3.8, 4) is 11.5 Å². The third-order valence-electron chi connectivity index (χ3n) is 5.47. The number of phenolic OH excluding ortho intramolecular Hbond substituents is 1. The Balaban J connectivity index is 1.22. The number of carbonyl (C=O) groups excluding carboxylic acids is 1. The summed E-state index contributed by atoms with van der Waals surface area (Å²) in [5.41, 5.74) is 3.03. The summed E-state index contributed by atoms with van der Waals surface area (Å²) in [6, 6.07) is 12.9. The van der Waals surface area contributed by atoms with Crippen LogP contribution in [0.5, 0.6) is 11.5 Å². The van der Waals surface area contributed by atoms with E-state index in [1.165, 1.54) is 0 Å². The Bertz CT molecular complexity index is 848. The van der Waals surface area contributed by atoms with Crippen LogP contribution in [0.3, 0.4) is 0 Å². The summed E-state index contributed by atoms with van der Waals surface area (Å²) in [6.45, 7) is 4.32. The van der Waals surface area contributed by atoms with Gasteiger partial charge in [0.2, 0.25) is 5.91 Å². The molecule has 0 aromatic heterocycles. The van der Waals surface area contributed by atoms with Gasteiger partial charge in [-0.25, -0.2) is 0 Å². The van der Waals surface area contributed by atoms with Crippen LogP contribution in [0.25, 0.3) is 0 Å². The molecule has 1 saturated heterocycles.